The normalized spacial score (nSPS) is 19.5. The molecule has 0 saturated heterocycles. The Morgan fingerprint density at radius 2 is 2.00 bits per heavy atom. The first-order chi connectivity index (χ1) is 11.1. The Bertz CT molecular complexity index is 650. The molecule has 3 N–H and O–H groups in total. The minimum Gasteiger partial charge on any atom is -0.507 e. The summed E-state index contributed by atoms with van der Waals surface area (Å²) in [4.78, 5) is 14.0. The number of hydrogen-bond donors (Lipinski definition) is 3. The lowest BCUT2D eigenvalue weighted by Gasteiger charge is -2.27. The van der Waals surface area contributed by atoms with E-state index in [4.69, 9.17) is 0 Å². The molecule has 1 aliphatic heterocycles. The van der Waals surface area contributed by atoms with Gasteiger partial charge in [-0.1, -0.05) is 20.8 Å². The molecule has 132 valence electrons. The average molecular weight is 350 g/mol. The maximum Gasteiger partial charge on any atom is 0.240 e. The van der Waals surface area contributed by atoms with Gasteiger partial charge in [0.25, 0.3) is 0 Å². The highest BCUT2D eigenvalue weighted by molar-refractivity contribution is 8.03. The van der Waals surface area contributed by atoms with Crippen molar-refractivity contribution in [3.63, 3.8) is 0 Å². The summed E-state index contributed by atoms with van der Waals surface area (Å²) >= 11 is 1.30. The van der Waals surface area contributed by atoms with E-state index in [1.54, 1.807) is 17.7 Å². The summed E-state index contributed by atoms with van der Waals surface area (Å²) in [6, 6.07) is 3.60. The summed E-state index contributed by atoms with van der Waals surface area (Å²) in [6.45, 7) is 6.60. The first-order valence-electron chi connectivity index (χ1n) is 7.91. The van der Waals surface area contributed by atoms with Crippen LogP contribution in [0, 0.1) is 0 Å². The van der Waals surface area contributed by atoms with Crippen LogP contribution in [-0.2, 0) is 16.8 Å². The van der Waals surface area contributed by atoms with Crippen LogP contribution in [0.25, 0.3) is 0 Å². The Morgan fingerprint density at radius 3 is 2.54 bits per heavy atom. The van der Waals surface area contributed by atoms with Crippen LogP contribution < -0.4 is 5.32 Å². The largest absolute Gasteiger partial charge is 0.507 e. The third-order valence-corrected chi connectivity index (χ3v) is 4.97. The van der Waals surface area contributed by atoms with Gasteiger partial charge in [-0.25, -0.2) is 0 Å². The fraction of sp³-hybridized carbons (Fsp3) is 0.500. The van der Waals surface area contributed by atoms with Crippen LogP contribution in [0.5, 0.6) is 5.75 Å². The number of hydrogen-bond acceptors (Lipinski definition) is 5. The molecular weight excluding hydrogens is 324 g/mol. The van der Waals surface area contributed by atoms with E-state index in [0.717, 1.165) is 11.1 Å². The molecule has 0 radical (unpaired) electrons. The van der Waals surface area contributed by atoms with Crippen LogP contribution >= 0.6 is 11.8 Å². The molecule has 24 heavy (non-hydrogen) atoms. The zero-order valence-electron chi connectivity index (χ0n) is 14.8. The number of carbonyl (C=O) groups is 1. The van der Waals surface area contributed by atoms with Crippen LogP contribution in [0.3, 0.4) is 0 Å². The Kier molecular flexibility index (Phi) is 5.63. The lowest BCUT2D eigenvalue weighted by atomic mass is 9.83. The molecule has 0 aliphatic carbocycles. The molecule has 6 heteroatoms. The molecule has 2 rings (SSSR count). The van der Waals surface area contributed by atoms with Gasteiger partial charge >= 0.3 is 0 Å². The van der Waals surface area contributed by atoms with Crippen molar-refractivity contribution in [3.8, 4) is 5.75 Å². The first-order valence-corrected chi connectivity index (χ1v) is 8.85. The molecule has 0 aromatic heterocycles. The number of aromatic hydroxyl groups is 1. The minimum absolute atomic E-state index is 0.213. The van der Waals surface area contributed by atoms with E-state index in [1.807, 2.05) is 45.8 Å². The molecule has 1 heterocycles. The minimum atomic E-state index is -0.942. The van der Waals surface area contributed by atoms with E-state index in [9.17, 15) is 15.0 Å². The Hall–Kier alpha value is -1.50. The molecule has 0 fully saturated rings. The van der Waals surface area contributed by atoms with Gasteiger partial charge in [0, 0.05) is 18.3 Å². The second-order valence-electron chi connectivity index (χ2n) is 7.38. The van der Waals surface area contributed by atoms with Gasteiger partial charge in [-0.15, -0.1) is 11.8 Å². The van der Waals surface area contributed by atoms with Crippen molar-refractivity contribution in [1.82, 2.24) is 10.2 Å². The van der Waals surface area contributed by atoms with Crippen molar-refractivity contribution < 1.29 is 15.0 Å². The molecule has 0 saturated carbocycles. The summed E-state index contributed by atoms with van der Waals surface area (Å²) in [5.41, 5.74) is 1.89. The highest BCUT2D eigenvalue weighted by atomic mass is 32.2. The van der Waals surface area contributed by atoms with Crippen molar-refractivity contribution >= 4 is 17.7 Å². The van der Waals surface area contributed by atoms with Crippen LogP contribution in [0.4, 0.5) is 0 Å². The van der Waals surface area contributed by atoms with E-state index in [2.05, 4.69) is 5.32 Å². The Labute approximate surface area is 147 Å². The molecule has 0 bridgehead atoms. The number of amides is 1. The second-order valence-corrected chi connectivity index (χ2v) is 8.43. The predicted octanol–water partition coefficient (Wildman–Crippen LogP) is 2.49. The van der Waals surface area contributed by atoms with Crippen molar-refractivity contribution in [3.05, 3.63) is 40.4 Å². The number of phenols is 1. The number of thioether (sulfide) groups is 1. The van der Waals surface area contributed by atoms with Gasteiger partial charge in [-0.05, 0) is 48.2 Å². The monoisotopic (exact) mass is 350 g/mol. The van der Waals surface area contributed by atoms with Gasteiger partial charge in [-0.2, -0.15) is 0 Å². The number of aliphatic hydroxyl groups excluding tert-OH is 1. The van der Waals surface area contributed by atoms with Crippen LogP contribution in [0.15, 0.2) is 23.7 Å². The third kappa shape index (κ3) is 4.12. The smallest absolute Gasteiger partial charge is 0.240 e. The Morgan fingerprint density at radius 1 is 1.33 bits per heavy atom. The molecule has 1 aliphatic rings. The summed E-state index contributed by atoms with van der Waals surface area (Å²) in [7, 11) is 3.85. The van der Waals surface area contributed by atoms with E-state index < -0.39 is 11.4 Å². The van der Waals surface area contributed by atoms with Crippen molar-refractivity contribution in [1.29, 1.82) is 0 Å². The molecule has 2 unspecified atom stereocenters. The summed E-state index contributed by atoms with van der Waals surface area (Å²) < 4.78 is 0. The number of nitrogens with zero attached hydrogens (tertiary/aromatic N) is 1. The topological polar surface area (TPSA) is 72.8 Å². The highest BCUT2D eigenvalue weighted by Crippen LogP contribution is 2.38. The van der Waals surface area contributed by atoms with Gasteiger partial charge in [0.2, 0.25) is 5.91 Å². The standard InChI is InChI=1S/C18H26N2O3S/c1-18(2,3)13-9-11(8-12(14(13)21)10-20(4)5)15(22)16-17(23)19-6-7-24-16/h6-9,15-16,21-22H,10H2,1-5H3,(H,19,23). The zero-order valence-corrected chi connectivity index (χ0v) is 15.6. The number of rotatable bonds is 4. The van der Waals surface area contributed by atoms with Crippen molar-refractivity contribution in [2.24, 2.45) is 0 Å². The molecule has 1 aromatic rings. The fourth-order valence-corrected chi connectivity index (χ4v) is 3.51. The van der Waals surface area contributed by atoms with Gasteiger partial charge < -0.3 is 20.4 Å². The van der Waals surface area contributed by atoms with Crippen molar-refractivity contribution in [2.45, 2.75) is 44.1 Å². The quantitative estimate of drug-likeness (QED) is 0.778. The van der Waals surface area contributed by atoms with Gasteiger partial charge in [0.1, 0.15) is 17.1 Å². The van der Waals surface area contributed by atoms with E-state index >= 15 is 0 Å². The number of nitrogens with one attached hydrogen (secondary N) is 1. The van der Waals surface area contributed by atoms with E-state index in [1.165, 1.54) is 11.8 Å². The molecular formula is C18H26N2O3S. The lowest BCUT2D eigenvalue weighted by molar-refractivity contribution is -0.121. The number of aliphatic hydroxyl groups is 1. The predicted molar refractivity (Wildman–Crippen MR) is 97.8 cm³/mol. The summed E-state index contributed by atoms with van der Waals surface area (Å²) in [5, 5.41) is 25.2. The molecule has 1 amide bonds. The van der Waals surface area contributed by atoms with Crippen molar-refractivity contribution in [2.75, 3.05) is 14.1 Å². The SMILES string of the molecule is CN(C)Cc1cc(C(O)C2SC=CNC2=O)cc(C(C)(C)C)c1O. The van der Waals surface area contributed by atoms with Gasteiger partial charge in [-0.3, -0.25) is 4.79 Å². The zero-order chi connectivity index (χ0) is 18.1. The summed E-state index contributed by atoms with van der Waals surface area (Å²) in [6.07, 6.45) is 0.632. The maximum absolute atomic E-state index is 12.0. The summed E-state index contributed by atoms with van der Waals surface area (Å²) in [5.74, 6) is 0.0438. The highest BCUT2D eigenvalue weighted by Gasteiger charge is 2.31. The average Bonchev–Trinajstić information content (AvgIpc) is 2.47. The van der Waals surface area contributed by atoms with Gasteiger partial charge in [0.15, 0.2) is 0 Å². The maximum atomic E-state index is 12.0. The molecule has 0 spiro atoms. The third-order valence-electron chi connectivity index (χ3n) is 3.91. The number of phenolic OH excluding ortho intramolecular Hbond substituents is 1. The van der Waals surface area contributed by atoms with Crippen LogP contribution in [-0.4, -0.2) is 40.4 Å². The number of benzene rings is 1. The molecule has 2 atom stereocenters. The Balaban J connectivity index is 2.48. The fourth-order valence-electron chi connectivity index (χ4n) is 2.70. The van der Waals surface area contributed by atoms with E-state index in [-0.39, 0.29) is 17.1 Å². The molecule has 1 aromatic carbocycles. The van der Waals surface area contributed by atoms with Crippen LogP contribution in [0.2, 0.25) is 0 Å². The second kappa shape index (κ2) is 7.17. The van der Waals surface area contributed by atoms with E-state index in [0.29, 0.717) is 12.1 Å². The molecule has 5 nitrogen and oxygen atoms in total. The number of carbonyl (C=O) groups excluding carboxylic acids is 1. The van der Waals surface area contributed by atoms with Gasteiger partial charge in [0.05, 0.1) is 0 Å². The first kappa shape index (κ1) is 18.8. The van der Waals surface area contributed by atoms with Crippen LogP contribution in [0.1, 0.15) is 43.6 Å². The lowest BCUT2D eigenvalue weighted by Crippen LogP contribution is -2.35.